The second-order valence-electron chi connectivity index (χ2n) is 6.81. The Labute approximate surface area is 150 Å². The third-order valence-electron chi connectivity index (χ3n) is 5.00. The van der Waals surface area contributed by atoms with E-state index in [0.29, 0.717) is 12.0 Å². The highest BCUT2D eigenvalue weighted by molar-refractivity contribution is 5.45. The average Bonchev–Trinajstić information content (AvgIpc) is 3.06. The molecule has 0 radical (unpaired) electrons. The van der Waals surface area contributed by atoms with E-state index >= 15 is 0 Å². The minimum atomic E-state index is 0.425. The largest absolute Gasteiger partial charge is 0.380 e. The van der Waals surface area contributed by atoms with Crippen molar-refractivity contribution in [3.63, 3.8) is 0 Å². The van der Waals surface area contributed by atoms with Crippen LogP contribution in [0.1, 0.15) is 17.0 Å². The summed E-state index contributed by atoms with van der Waals surface area (Å²) >= 11 is 0. The molecule has 0 aliphatic carbocycles. The molecular weight excluding hydrogens is 304 g/mol. The number of nitrogens with one attached hydrogen (secondary N) is 1. The van der Waals surface area contributed by atoms with Gasteiger partial charge in [-0.2, -0.15) is 0 Å². The highest BCUT2D eigenvalue weighted by atomic mass is 15.2. The number of rotatable bonds is 5. The summed E-state index contributed by atoms with van der Waals surface area (Å²) in [5, 5.41) is 3.76. The van der Waals surface area contributed by atoms with Gasteiger partial charge in [0, 0.05) is 37.3 Å². The molecule has 3 aromatic rings. The number of para-hydroxylation sites is 1. The van der Waals surface area contributed by atoms with Gasteiger partial charge in [-0.25, -0.2) is 0 Å². The van der Waals surface area contributed by atoms with Crippen molar-refractivity contribution in [3.05, 3.63) is 102 Å². The zero-order valence-electron chi connectivity index (χ0n) is 14.4. The lowest BCUT2D eigenvalue weighted by Crippen LogP contribution is -2.28. The van der Waals surface area contributed by atoms with E-state index < -0.39 is 0 Å². The van der Waals surface area contributed by atoms with Gasteiger partial charge in [-0.3, -0.25) is 4.90 Å². The topological polar surface area (TPSA) is 15.3 Å². The first-order valence-electron chi connectivity index (χ1n) is 9.01. The van der Waals surface area contributed by atoms with Crippen LogP contribution >= 0.6 is 0 Å². The molecule has 0 aromatic heterocycles. The first-order valence-corrected chi connectivity index (χ1v) is 9.01. The molecule has 1 fully saturated rings. The molecule has 0 amide bonds. The van der Waals surface area contributed by atoms with Crippen LogP contribution in [-0.4, -0.2) is 24.0 Å². The second-order valence-corrected chi connectivity index (χ2v) is 6.81. The van der Waals surface area contributed by atoms with Crippen LogP contribution < -0.4 is 5.32 Å². The van der Waals surface area contributed by atoms with Gasteiger partial charge in [-0.05, 0) is 23.3 Å². The van der Waals surface area contributed by atoms with E-state index in [1.165, 1.54) is 16.8 Å². The zero-order valence-corrected chi connectivity index (χ0v) is 14.4. The van der Waals surface area contributed by atoms with Crippen LogP contribution in [0.5, 0.6) is 0 Å². The van der Waals surface area contributed by atoms with Crippen LogP contribution in [0.15, 0.2) is 91.0 Å². The number of benzene rings is 3. The molecule has 1 aliphatic heterocycles. The predicted octanol–water partition coefficient (Wildman–Crippen LogP) is 4.77. The Morgan fingerprint density at radius 1 is 0.720 bits per heavy atom. The zero-order chi connectivity index (χ0) is 16.9. The third kappa shape index (κ3) is 3.92. The van der Waals surface area contributed by atoms with Gasteiger partial charge in [0.1, 0.15) is 0 Å². The molecule has 2 atom stereocenters. The minimum Gasteiger partial charge on any atom is -0.380 e. The summed E-state index contributed by atoms with van der Waals surface area (Å²) in [6.45, 7) is 3.16. The maximum absolute atomic E-state index is 3.76. The van der Waals surface area contributed by atoms with Gasteiger partial charge < -0.3 is 5.32 Å². The fourth-order valence-corrected chi connectivity index (χ4v) is 3.79. The molecule has 126 valence electrons. The molecule has 1 heterocycles. The number of hydrogen-bond donors (Lipinski definition) is 1. The van der Waals surface area contributed by atoms with Gasteiger partial charge >= 0.3 is 0 Å². The van der Waals surface area contributed by atoms with Gasteiger partial charge in [0.05, 0.1) is 0 Å². The number of anilines is 1. The van der Waals surface area contributed by atoms with Crippen molar-refractivity contribution in [2.24, 2.45) is 0 Å². The van der Waals surface area contributed by atoms with E-state index in [0.717, 1.165) is 19.6 Å². The van der Waals surface area contributed by atoms with Gasteiger partial charge in [0.2, 0.25) is 0 Å². The molecule has 0 bridgehead atoms. The van der Waals surface area contributed by atoms with Gasteiger partial charge in [-0.15, -0.1) is 0 Å². The lowest BCUT2D eigenvalue weighted by molar-refractivity contribution is 0.325. The van der Waals surface area contributed by atoms with Gasteiger partial charge in [0.25, 0.3) is 0 Å². The Kier molecular flexibility index (Phi) is 4.80. The molecule has 2 nitrogen and oxygen atoms in total. The number of nitrogens with zero attached hydrogens (tertiary/aromatic N) is 1. The average molecular weight is 328 g/mol. The lowest BCUT2D eigenvalue weighted by Gasteiger charge is -2.21. The summed E-state index contributed by atoms with van der Waals surface area (Å²) in [7, 11) is 0. The van der Waals surface area contributed by atoms with E-state index in [4.69, 9.17) is 0 Å². The van der Waals surface area contributed by atoms with Crippen molar-refractivity contribution in [1.82, 2.24) is 4.90 Å². The quantitative estimate of drug-likeness (QED) is 0.726. The highest BCUT2D eigenvalue weighted by Crippen LogP contribution is 2.30. The van der Waals surface area contributed by atoms with Crippen molar-refractivity contribution in [2.45, 2.75) is 18.5 Å². The van der Waals surface area contributed by atoms with E-state index in [-0.39, 0.29) is 0 Å². The van der Waals surface area contributed by atoms with Crippen LogP contribution in [0.25, 0.3) is 0 Å². The standard InChI is InChI=1S/C23H24N2/c1-4-10-19(11-5-1)16-25-17-22(20-12-6-2-7-13-20)23(18-25)24-21-14-8-3-9-15-21/h1-15,22-24H,16-18H2/t22-,23+/m0/s1. The van der Waals surface area contributed by atoms with Crippen LogP contribution in [0.3, 0.4) is 0 Å². The Morgan fingerprint density at radius 2 is 1.32 bits per heavy atom. The van der Waals surface area contributed by atoms with Crippen molar-refractivity contribution in [2.75, 3.05) is 18.4 Å². The molecule has 1 aliphatic rings. The normalized spacial score (nSPS) is 20.5. The Morgan fingerprint density at radius 3 is 2.00 bits per heavy atom. The van der Waals surface area contributed by atoms with Crippen molar-refractivity contribution < 1.29 is 0 Å². The Bertz CT molecular complexity index is 771. The molecule has 2 heteroatoms. The molecule has 4 rings (SSSR count). The highest BCUT2D eigenvalue weighted by Gasteiger charge is 2.33. The minimum absolute atomic E-state index is 0.425. The first-order chi connectivity index (χ1) is 12.4. The van der Waals surface area contributed by atoms with Crippen molar-refractivity contribution >= 4 is 5.69 Å². The summed E-state index contributed by atoms with van der Waals surface area (Å²) in [5.41, 5.74) is 4.01. The van der Waals surface area contributed by atoms with Crippen molar-refractivity contribution in [3.8, 4) is 0 Å². The van der Waals surface area contributed by atoms with E-state index in [1.807, 2.05) is 0 Å². The summed E-state index contributed by atoms with van der Waals surface area (Å²) in [6.07, 6.45) is 0. The fourth-order valence-electron chi connectivity index (χ4n) is 3.79. The fraction of sp³-hybridized carbons (Fsp3) is 0.217. The van der Waals surface area contributed by atoms with E-state index in [1.54, 1.807) is 0 Å². The molecule has 0 spiro atoms. The monoisotopic (exact) mass is 328 g/mol. The van der Waals surface area contributed by atoms with Gasteiger partial charge in [-0.1, -0.05) is 78.9 Å². The molecule has 0 unspecified atom stereocenters. The van der Waals surface area contributed by atoms with Crippen LogP contribution in [0.4, 0.5) is 5.69 Å². The van der Waals surface area contributed by atoms with Crippen LogP contribution in [0.2, 0.25) is 0 Å². The lowest BCUT2D eigenvalue weighted by atomic mass is 9.94. The molecule has 3 aromatic carbocycles. The van der Waals surface area contributed by atoms with Crippen LogP contribution in [0, 0.1) is 0 Å². The maximum Gasteiger partial charge on any atom is 0.0469 e. The number of hydrogen-bond acceptors (Lipinski definition) is 2. The molecule has 25 heavy (non-hydrogen) atoms. The number of likely N-dealkylation sites (tertiary alicyclic amines) is 1. The van der Waals surface area contributed by atoms with Gasteiger partial charge in [0.15, 0.2) is 0 Å². The van der Waals surface area contributed by atoms with Crippen molar-refractivity contribution in [1.29, 1.82) is 0 Å². The second kappa shape index (κ2) is 7.54. The summed E-state index contributed by atoms with van der Waals surface area (Å²) < 4.78 is 0. The van der Waals surface area contributed by atoms with Crippen LogP contribution in [-0.2, 0) is 6.54 Å². The predicted molar refractivity (Wildman–Crippen MR) is 105 cm³/mol. The molecular formula is C23H24N2. The third-order valence-corrected chi connectivity index (χ3v) is 5.00. The Balaban J connectivity index is 1.53. The summed E-state index contributed by atoms with van der Waals surface area (Å²) in [6, 6.07) is 32.7. The smallest absolute Gasteiger partial charge is 0.0469 e. The molecule has 1 saturated heterocycles. The Hall–Kier alpha value is -2.58. The SMILES string of the molecule is c1ccc(CN2C[C@@H](Nc3ccccc3)[C@H](c3ccccc3)C2)cc1. The first kappa shape index (κ1) is 15.9. The summed E-state index contributed by atoms with van der Waals surface area (Å²) in [5.74, 6) is 0.505. The van der Waals surface area contributed by atoms with E-state index in [9.17, 15) is 0 Å². The molecule has 0 saturated carbocycles. The summed E-state index contributed by atoms with van der Waals surface area (Å²) in [4.78, 5) is 2.56. The maximum atomic E-state index is 3.76. The molecule has 1 N–H and O–H groups in total. The van der Waals surface area contributed by atoms with E-state index in [2.05, 4.69) is 101 Å².